The van der Waals surface area contributed by atoms with Crippen molar-refractivity contribution in [1.82, 2.24) is 0 Å². The minimum Gasteiger partial charge on any atom is -0.381 e. The van der Waals surface area contributed by atoms with Gasteiger partial charge >= 0.3 is 0 Å². The van der Waals surface area contributed by atoms with E-state index in [2.05, 4.69) is 43.2 Å². The van der Waals surface area contributed by atoms with Crippen LogP contribution in [0.15, 0.2) is 32.1 Å². The number of aliphatic imine (C=N–C) groups is 1. The molecule has 1 aromatic carbocycles. The van der Waals surface area contributed by atoms with E-state index in [1.807, 2.05) is 12.1 Å². The van der Waals surface area contributed by atoms with Crippen LogP contribution in [0.3, 0.4) is 0 Å². The summed E-state index contributed by atoms with van der Waals surface area (Å²) in [5, 5.41) is 4.43. The first kappa shape index (κ1) is 13.9. The van der Waals surface area contributed by atoms with E-state index in [-0.39, 0.29) is 5.54 Å². The molecule has 0 aliphatic carbocycles. The number of benzene rings is 1. The molecule has 2 aliphatic rings. The Kier molecular flexibility index (Phi) is 4.22. The van der Waals surface area contributed by atoms with Crippen LogP contribution < -0.4 is 5.32 Å². The highest BCUT2D eigenvalue weighted by Gasteiger charge is 2.37. The molecule has 2 heterocycles. The molecule has 0 bridgehead atoms. The fourth-order valence-corrected chi connectivity index (χ4v) is 4.17. The van der Waals surface area contributed by atoms with Gasteiger partial charge in [-0.05, 0) is 47.0 Å². The third-order valence-electron chi connectivity index (χ3n) is 3.41. The molecule has 1 fully saturated rings. The van der Waals surface area contributed by atoms with Gasteiger partial charge in [-0.3, -0.25) is 4.99 Å². The first-order valence-corrected chi connectivity index (χ1v) is 8.77. The van der Waals surface area contributed by atoms with Crippen molar-refractivity contribution in [1.29, 1.82) is 0 Å². The van der Waals surface area contributed by atoms with Gasteiger partial charge in [-0.25, -0.2) is 0 Å². The lowest BCUT2D eigenvalue weighted by Gasteiger charge is -2.29. The highest BCUT2D eigenvalue weighted by atomic mass is 79.9. The molecule has 0 aromatic heterocycles. The van der Waals surface area contributed by atoms with E-state index in [0.29, 0.717) is 0 Å². The second-order valence-corrected chi connectivity index (χ2v) is 7.53. The number of anilines is 1. The maximum atomic E-state index is 5.43. The molecule has 19 heavy (non-hydrogen) atoms. The molecular weight excluding hydrogens is 392 g/mol. The van der Waals surface area contributed by atoms with Crippen molar-refractivity contribution in [2.45, 2.75) is 18.4 Å². The Morgan fingerprint density at radius 2 is 2.05 bits per heavy atom. The van der Waals surface area contributed by atoms with Gasteiger partial charge in [-0.1, -0.05) is 27.7 Å². The van der Waals surface area contributed by atoms with E-state index in [4.69, 9.17) is 9.73 Å². The lowest BCUT2D eigenvalue weighted by atomic mass is 9.93. The number of amidine groups is 1. The minimum atomic E-state index is 0.101. The summed E-state index contributed by atoms with van der Waals surface area (Å²) in [6.07, 6.45) is 2.07. The van der Waals surface area contributed by atoms with Crippen LogP contribution in [-0.2, 0) is 4.74 Å². The Balaban J connectivity index is 1.77. The Labute approximate surface area is 133 Å². The van der Waals surface area contributed by atoms with Crippen LogP contribution >= 0.6 is 43.6 Å². The first-order valence-electron chi connectivity index (χ1n) is 6.19. The molecule has 3 rings (SSSR count). The standard InChI is InChI=1S/C13H14Br2N2OS/c14-9-1-2-10(15)11(7-9)16-12-17-13(8-19-12)3-5-18-6-4-13/h1-2,7H,3-6,8H2,(H,16,17). The van der Waals surface area contributed by atoms with E-state index in [1.165, 1.54) is 0 Å². The van der Waals surface area contributed by atoms with Crippen molar-refractivity contribution in [2.75, 3.05) is 24.3 Å². The van der Waals surface area contributed by atoms with Crippen LogP contribution in [0.1, 0.15) is 12.8 Å². The molecule has 1 N–H and O–H groups in total. The van der Waals surface area contributed by atoms with Gasteiger partial charge in [0.05, 0.1) is 11.2 Å². The largest absolute Gasteiger partial charge is 0.381 e. The second kappa shape index (κ2) is 5.76. The highest BCUT2D eigenvalue weighted by molar-refractivity contribution is 9.11. The Morgan fingerprint density at radius 1 is 1.26 bits per heavy atom. The van der Waals surface area contributed by atoms with Crippen LogP contribution in [0.2, 0.25) is 0 Å². The van der Waals surface area contributed by atoms with Crippen LogP contribution in [0, 0.1) is 0 Å². The first-order chi connectivity index (χ1) is 9.17. The summed E-state index contributed by atoms with van der Waals surface area (Å²) in [6, 6.07) is 6.10. The molecule has 0 unspecified atom stereocenters. The van der Waals surface area contributed by atoms with Crippen molar-refractivity contribution in [3.63, 3.8) is 0 Å². The Hall–Kier alpha value is -0.0400. The van der Waals surface area contributed by atoms with Gasteiger partial charge in [0, 0.05) is 27.9 Å². The van der Waals surface area contributed by atoms with Crippen molar-refractivity contribution in [3.8, 4) is 0 Å². The maximum Gasteiger partial charge on any atom is 0.161 e. The molecule has 102 valence electrons. The van der Waals surface area contributed by atoms with E-state index in [9.17, 15) is 0 Å². The van der Waals surface area contributed by atoms with E-state index in [0.717, 1.165) is 51.6 Å². The van der Waals surface area contributed by atoms with Crippen molar-refractivity contribution in [2.24, 2.45) is 4.99 Å². The molecule has 0 amide bonds. The predicted molar refractivity (Wildman–Crippen MR) is 88.1 cm³/mol. The number of halogens is 2. The van der Waals surface area contributed by atoms with Crippen molar-refractivity contribution < 1.29 is 4.74 Å². The predicted octanol–water partition coefficient (Wildman–Crippen LogP) is 4.28. The fraction of sp³-hybridized carbons (Fsp3) is 0.462. The summed E-state index contributed by atoms with van der Waals surface area (Å²) in [6.45, 7) is 1.66. The van der Waals surface area contributed by atoms with Gasteiger partial charge in [0.2, 0.25) is 0 Å². The number of rotatable bonds is 1. The molecule has 1 saturated heterocycles. The summed E-state index contributed by atoms with van der Waals surface area (Å²) in [7, 11) is 0. The number of nitrogens with one attached hydrogen (secondary N) is 1. The minimum absolute atomic E-state index is 0.101. The fourth-order valence-electron chi connectivity index (χ4n) is 2.26. The smallest absolute Gasteiger partial charge is 0.161 e. The lowest BCUT2D eigenvalue weighted by Crippen LogP contribution is -2.34. The number of hydrogen-bond acceptors (Lipinski definition) is 4. The van der Waals surface area contributed by atoms with Crippen LogP contribution in [-0.4, -0.2) is 29.7 Å². The average molecular weight is 406 g/mol. The summed E-state index contributed by atoms with van der Waals surface area (Å²) in [5.41, 5.74) is 1.15. The Bertz CT molecular complexity index is 515. The third kappa shape index (κ3) is 3.17. The van der Waals surface area contributed by atoms with Crippen LogP contribution in [0.25, 0.3) is 0 Å². The van der Waals surface area contributed by atoms with Crippen molar-refractivity contribution in [3.05, 3.63) is 27.1 Å². The van der Waals surface area contributed by atoms with E-state index < -0.39 is 0 Å². The maximum absolute atomic E-state index is 5.43. The van der Waals surface area contributed by atoms with Crippen molar-refractivity contribution >= 4 is 54.5 Å². The zero-order valence-electron chi connectivity index (χ0n) is 10.3. The van der Waals surface area contributed by atoms with E-state index in [1.54, 1.807) is 11.8 Å². The number of nitrogens with zero attached hydrogens (tertiary/aromatic N) is 1. The molecule has 6 heteroatoms. The number of thioether (sulfide) groups is 1. The quantitative estimate of drug-likeness (QED) is 0.757. The van der Waals surface area contributed by atoms with Gasteiger partial charge in [0.15, 0.2) is 5.17 Å². The monoisotopic (exact) mass is 404 g/mol. The van der Waals surface area contributed by atoms with Crippen LogP contribution in [0.4, 0.5) is 5.69 Å². The third-order valence-corrected chi connectivity index (χ3v) is 5.74. The van der Waals surface area contributed by atoms with Gasteiger partial charge in [0.1, 0.15) is 0 Å². The zero-order valence-corrected chi connectivity index (χ0v) is 14.3. The molecule has 0 radical (unpaired) electrons. The van der Waals surface area contributed by atoms with Gasteiger partial charge in [0.25, 0.3) is 0 Å². The lowest BCUT2D eigenvalue weighted by molar-refractivity contribution is 0.0624. The van der Waals surface area contributed by atoms with Crippen LogP contribution in [0.5, 0.6) is 0 Å². The second-order valence-electron chi connectivity index (χ2n) is 4.79. The topological polar surface area (TPSA) is 33.6 Å². The summed E-state index contributed by atoms with van der Waals surface area (Å²) >= 11 is 8.85. The molecule has 0 saturated carbocycles. The average Bonchev–Trinajstić information content (AvgIpc) is 2.78. The summed E-state index contributed by atoms with van der Waals surface area (Å²) in [4.78, 5) is 4.90. The molecule has 2 aliphatic heterocycles. The SMILES string of the molecule is Brc1ccc(Br)c(NC2=NC3(CCOCC3)CS2)c1. The van der Waals surface area contributed by atoms with E-state index >= 15 is 0 Å². The molecule has 1 aromatic rings. The highest BCUT2D eigenvalue weighted by Crippen LogP contribution is 2.37. The molecular formula is C13H14Br2N2OS. The number of ether oxygens (including phenoxy) is 1. The van der Waals surface area contributed by atoms with Gasteiger partial charge in [-0.15, -0.1) is 0 Å². The summed E-state index contributed by atoms with van der Waals surface area (Å²) < 4.78 is 7.54. The van der Waals surface area contributed by atoms with Gasteiger partial charge < -0.3 is 10.1 Å². The summed E-state index contributed by atoms with van der Waals surface area (Å²) in [5.74, 6) is 1.06. The number of hydrogen-bond donors (Lipinski definition) is 1. The zero-order chi connectivity index (χ0) is 13.3. The molecule has 0 atom stereocenters. The molecule has 3 nitrogen and oxygen atoms in total. The normalized spacial score (nSPS) is 21.5. The van der Waals surface area contributed by atoms with Gasteiger partial charge in [-0.2, -0.15) is 0 Å². The Morgan fingerprint density at radius 3 is 2.84 bits per heavy atom. The molecule has 1 spiro atoms.